The molecular weight excluding hydrogens is 371 g/mol. The predicted octanol–water partition coefficient (Wildman–Crippen LogP) is 4.42. The molecule has 1 heterocycles. The smallest absolute Gasteiger partial charge is 0.373 e. The summed E-state index contributed by atoms with van der Waals surface area (Å²) in [5, 5.41) is 1.46. The van der Waals surface area contributed by atoms with Gasteiger partial charge in [0.2, 0.25) is 0 Å². The van der Waals surface area contributed by atoms with Gasteiger partial charge < -0.3 is 17.5 Å². The van der Waals surface area contributed by atoms with Crippen molar-refractivity contribution in [2.24, 2.45) is 0 Å². The van der Waals surface area contributed by atoms with Crippen molar-refractivity contribution in [3.8, 4) is 0 Å². The Morgan fingerprint density at radius 2 is 1.33 bits per heavy atom. The molecule has 1 aliphatic heterocycles. The Morgan fingerprint density at radius 1 is 0.917 bits per heavy atom. The van der Waals surface area contributed by atoms with E-state index in [0.717, 1.165) is 5.38 Å². The molecule has 0 aromatic carbocycles. The fraction of sp³-hybridized carbons (Fsp3) is 1.00. The molecule has 0 aromatic heterocycles. The van der Waals surface area contributed by atoms with Crippen LogP contribution in [0.5, 0.6) is 0 Å². The summed E-state index contributed by atoms with van der Waals surface area (Å²) in [6.07, 6.45) is 0. The van der Waals surface area contributed by atoms with Crippen LogP contribution in [0, 0.1) is 0 Å². The van der Waals surface area contributed by atoms with Gasteiger partial charge in [-0.05, 0) is 39.4 Å². The maximum Gasteiger partial charge on any atom is 0.511 e. The second-order valence-corrected chi connectivity index (χ2v) is 22.1. The van der Waals surface area contributed by atoms with E-state index in [1.807, 2.05) is 32.5 Å². The normalized spacial score (nSPS) is 22.0. The molecule has 4 nitrogen and oxygen atoms in total. The molecule has 0 N–H and O–H groups in total. The van der Waals surface area contributed by atoms with Crippen LogP contribution in [0.3, 0.4) is 0 Å². The van der Waals surface area contributed by atoms with Gasteiger partial charge in [-0.3, -0.25) is 0 Å². The fourth-order valence-electron chi connectivity index (χ4n) is 3.66. The van der Waals surface area contributed by atoms with Gasteiger partial charge in [0.05, 0.1) is 5.38 Å². The zero-order valence-corrected chi connectivity index (χ0v) is 20.9. The summed E-state index contributed by atoms with van der Waals surface area (Å²) >= 11 is 1.98. The van der Waals surface area contributed by atoms with Crippen LogP contribution in [-0.4, -0.2) is 66.5 Å². The SMILES string of the molecule is CCO[Si](CSC(C)CN1[Si](C)(C)CC[Si]1(C)C)(OCC)OCC. The van der Waals surface area contributed by atoms with Gasteiger partial charge in [0, 0.05) is 25.1 Å². The summed E-state index contributed by atoms with van der Waals surface area (Å²) in [7, 11) is -4.90. The monoisotopic (exact) mass is 409 g/mol. The van der Waals surface area contributed by atoms with Gasteiger partial charge in [-0.1, -0.05) is 33.1 Å². The third-order valence-corrected chi connectivity index (χ3v) is 20.2. The number of nitrogens with zero attached hydrogens (tertiary/aromatic N) is 1. The maximum absolute atomic E-state index is 5.99. The van der Waals surface area contributed by atoms with Crippen molar-refractivity contribution in [3.63, 3.8) is 0 Å². The molecule has 0 bridgehead atoms. The number of hydrogen-bond donors (Lipinski definition) is 0. The van der Waals surface area contributed by atoms with Gasteiger partial charge in [-0.2, -0.15) is 11.8 Å². The Morgan fingerprint density at radius 3 is 1.71 bits per heavy atom. The zero-order chi connectivity index (χ0) is 18.4. The van der Waals surface area contributed by atoms with Gasteiger partial charge in [0.25, 0.3) is 0 Å². The molecule has 1 aliphatic rings. The summed E-state index contributed by atoms with van der Waals surface area (Å²) in [5.41, 5.74) is 0. The predicted molar refractivity (Wildman–Crippen MR) is 114 cm³/mol. The zero-order valence-electron chi connectivity index (χ0n) is 17.1. The quantitative estimate of drug-likeness (QED) is 0.471. The molecule has 0 spiro atoms. The first-order valence-electron chi connectivity index (χ1n) is 9.43. The largest absolute Gasteiger partial charge is 0.511 e. The van der Waals surface area contributed by atoms with Crippen molar-refractivity contribution in [2.45, 2.75) is 71.2 Å². The molecular formula is C16H39NO3SSi3. The molecule has 1 rings (SSSR count). The van der Waals surface area contributed by atoms with Crippen LogP contribution >= 0.6 is 11.8 Å². The van der Waals surface area contributed by atoms with Crippen LogP contribution in [0.15, 0.2) is 0 Å². The average molecular weight is 410 g/mol. The van der Waals surface area contributed by atoms with E-state index in [4.69, 9.17) is 13.3 Å². The molecule has 1 unspecified atom stereocenters. The molecule has 144 valence electrons. The van der Waals surface area contributed by atoms with Crippen LogP contribution in [0.4, 0.5) is 0 Å². The van der Waals surface area contributed by atoms with Gasteiger partial charge in [0.15, 0.2) is 0 Å². The van der Waals surface area contributed by atoms with Crippen LogP contribution in [0.2, 0.25) is 38.3 Å². The lowest BCUT2D eigenvalue weighted by Crippen LogP contribution is -2.57. The number of hydrogen-bond acceptors (Lipinski definition) is 5. The Balaban J connectivity index is 2.66. The molecule has 0 amide bonds. The standard InChI is InChI=1S/C16H39NO3SSi3/c1-9-18-24(19-10-2,20-11-3)15-21-16(4)14-17-22(5,6)12-13-23(17,7)8/h16H,9-15H2,1-8H3. The average Bonchev–Trinajstić information content (AvgIpc) is 2.69. The van der Waals surface area contributed by atoms with Crippen LogP contribution < -0.4 is 0 Å². The first-order chi connectivity index (χ1) is 11.1. The van der Waals surface area contributed by atoms with E-state index in [2.05, 4.69) is 37.3 Å². The highest BCUT2D eigenvalue weighted by Crippen LogP contribution is 2.37. The van der Waals surface area contributed by atoms with E-state index < -0.39 is 25.3 Å². The highest BCUT2D eigenvalue weighted by molar-refractivity contribution is 8.01. The lowest BCUT2D eigenvalue weighted by Gasteiger charge is -2.40. The van der Waals surface area contributed by atoms with Crippen LogP contribution in [-0.2, 0) is 13.3 Å². The van der Waals surface area contributed by atoms with Gasteiger partial charge in [-0.25, -0.2) is 0 Å². The van der Waals surface area contributed by atoms with Crippen molar-refractivity contribution in [3.05, 3.63) is 0 Å². The van der Waals surface area contributed by atoms with Crippen LogP contribution in [0.25, 0.3) is 0 Å². The van der Waals surface area contributed by atoms with Crippen molar-refractivity contribution in [1.29, 1.82) is 0 Å². The molecule has 24 heavy (non-hydrogen) atoms. The Kier molecular flexibility index (Phi) is 9.23. The van der Waals surface area contributed by atoms with Gasteiger partial charge in [0.1, 0.15) is 16.5 Å². The number of thioether (sulfide) groups is 1. The van der Waals surface area contributed by atoms with Crippen LogP contribution in [0.1, 0.15) is 27.7 Å². The lowest BCUT2D eigenvalue weighted by molar-refractivity contribution is 0.0773. The lowest BCUT2D eigenvalue weighted by atomic mass is 10.5. The van der Waals surface area contributed by atoms with E-state index in [1.165, 1.54) is 18.6 Å². The molecule has 1 atom stereocenters. The van der Waals surface area contributed by atoms with E-state index in [1.54, 1.807) is 0 Å². The minimum atomic E-state index is -2.52. The van der Waals surface area contributed by atoms with Gasteiger partial charge >= 0.3 is 8.80 Å². The molecule has 8 heteroatoms. The van der Waals surface area contributed by atoms with E-state index in [-0.39, 0.29) is 0 Å². The summed E-state index contributed by atoms with van der Waals surface area (Å²) < 4.78 is 20.9. The van der Waals surface area contributed by atoms with Crippen molar-refractivity contribution in [2.75, 3.05) is 31.7 Å². The van der Waals surface area contributed by atoms with Crippen molar-refractivity contribution in [1.82, 2.24) is 4.23 Å². The molecule has 0 aromatic rings. The fourth-order valence-corrected chi connectivity index (χ4v) is 22.9. The molecule has 1 saturated heterocycles. The first kappa shape index (κ1) is 22.9. The highest BCUT2D eigenvalue weighted by atomic mass is 32.2. The maximum atomic E-state index is 5.99. The minimum absolute atomic E-state index is 0.592. The molecule has 1 fully saturated rings. The van der Waals surface area contributed by atoms with E-state index >= 15 is 0 Å². The molecule has 0 aliphatic carbocycles. The number of rotatable bonds is 11. The third-order valence-electron chi connectivity index (χ3n) is 4.89. The van der Waals surface area contributed by atoms with Crippen molar-refractivity contribution < 1.29 is 13.3 Å². The summed E-state index contributed by atoms with van der Waals surface area (Å²) in [4.78, 5) is 0. The second kappa shape index (κ2) is 9.68. The Hall–Kier alpha value is 0.841. The van der Waals surface area contributed by atoms with E-state index in [9.17, 15) is 0 Å². The third kappa shape index (κ3) is 6.22. The minimum Gasteiger partial charge on any atom is -0.373 e. The molecule has 0 radical (unpaired) electrons. The summed E-state index contributed by atoms with van der Waals surface area (Å²) in [5.74, 6) is 0. The topological polar surface area (TPSA) is 30.9 Å². The second-order valence-electron chi connectivity index (χ2n) is 7.84. The summed E-state index contributed by atoms with van der Waals surface area (Å²) in [6, 6.07) is 2.94. The Bertz CT molecular complexity index is 353. The van der Waals surface area contributed by atoms with Gasteiger partial charge in [-0.15, -0.1) is 0 Å². The van der Waals surface area contributed by atoms with E-state index in [0.29, 0.717) is 25.1 Å². The summed E-state index contributed by atoms with van der Waals surface area (Å²) in [6.45, 7) is 21.8. The van der Waals surface area contributed by atoms with Crippen molar-refractivity contribution >= 4 is 37.0 Å². The highest BCUT2D eigenvalue weighted by Gasteiger charge is 2.48. The Labute approximate surface area is 157 Å². The first-order valence-corrected chi connectivity index (χ1v) is 18.7. The molecule has 0 saturated carbocycles.